The second-order valence-corrected chi connectivity index (χ2v) is 8.50. The van der Waals surface area contributed by atoms with Crippen LogP contribution in [0, 0.1) is 17.7 Å². The number of amides is 8. The van der Waals surface area contributed by atoms with Gasteiger partial charge in [0.05, 0.1) is 17.5 Å². The number of fused-ring (bicyclic) bond motifs is 1. The molecule has 3 N–H and O–H groups in total. The number of carboxylic acids is 2. The number of anilines is 1. The van der Waals surface area contributed by atoms with Gasteiger partial charge in [0.1, 0.15) is 12.4 Å². The van der Waals surface area contributed by atoms with Crippen molar-refractivity contribution in [2.45, 2.75) is 25.7 Å². The molecule has 2 aliphatic heterocycles. The first-order valence-electron chi connectivity index (χ1n) is 10.7. The fourth-order valence-corrected chi connectivity index (χ4v) is 4.88. The van der Waals surface area contributed by atoms with E-state index in [0.717, 1.165) is 31.0 Å². The van der Waals surface area contributed by atoms with Crippen LogP contribution in [0.4, 0.5) is 30.1 Å². The van der Waals surface area contributed by atoms with Crippen molar-refractivity contribution in [1.82, 2.24) is 14.7 Å². The third-order valence-electron chi connectivity index (χ3n) is 6.48. The zero-order valence-electron chi connectivity index (χ0n) is 18.1. The molecule has 13 nitrogen and oxygen atoms in total. The van der Waals surface area contributed by atoms with Crippen LogP contribution in [-0.4, -0.2) is 70.0 Å². The number of rotatable bonds is 6. The van der Waals surface area contributed by atoms with Gasteiger partial charge in [-0.05, 0) is 18.9 Å². The average Bonchev–Trinajstić information content (AvgIpc) is 3.05. The van der Waals surface area contributed by atoms with Gasteiger partial charge in [-0.3, -0.25) is 14.4 Å². The van der Waals surface area contributed by atoms with Crippen molar-refractivity contribution < 1.29 is 48.2 Å². The number of hydrogen-bond donors (Lipinski definition) is 3. The molecular formula is C21H20FN4O9+. The van der Waals surface area contributed by atoms with Gasteiger partial charge in [-0.15, -0.1) is 4.48 Å². The molecule has 8 amide bonds. The van der Waals surface area contributed by atoms with E-state index in [1.807, 2.05) is 0 Å². The normalized spacial score (nSPS) is 26.6. The predicted molar refractivity (Wildman–Crippen MR) is 112 cm³/mol. The number of quaternary nitrogens is 1. The van der Waals surface area contributed by atoms with E-state index in [9.17, 15) is 43.1 Å². The standard InChI is InChI=1S/C21H19FN4O9/c22-13-6-5-10(7-14(13)25-17(31)11-3-1-2-4-12(11)18(25)32)26(9-16(29)30)20(34)23-19(33)24(21(26)35)8-15(27)28/h5-7,11-12H,1-4,8-9H2,(H2-,23,27,28,29,30,33,34)/p+1. The third kappa shape index (κ3) is 3.71. The van der Waals surface area contributed by atoms with Gasteiger partial charge in [0.25, 0.3) is 0 Å². The summed E-state index contributed by atoms with van der Waals surface area (Å²) in [5.74, 6) is -6.88. The summed E-state index contributed by atoms with van der Waals surface area (Å²) in [5.41, 5.74) is -1.05. The highest BCUT2D eigenvalue weighted by Gasteiger charge is 2.59. The van der Waals surface area contributed by atoms with Crippen molar-refractivity contribution in [2.24, 2.45) is 11.8 Å². The van der Waals surface area contributed by atoms with Crippen molar-refractivity contribution >= 4 is 53.2 Å². The van der Waals surface area contributed by atoms with Gasteiger partial charge in [0.15, 0.2) is 12.2 Å². The Kier molecular flexibility index (Phi) is 5.84. The number of benzene rings is 1. The van der Waals surface area contributed by atoms with Gasteiger partial charge >= 0.3 is 30.0 Å². The molecular weight excluding hydrogens is 471 g/mol. The summed E-state index contributed by atoms with van der Waals surface area (Å²) >= 11 is 0. The highest BCUT2D eigenvalue weighted by atomic mass is 19.1. The zero-order chi connectivity index (χ0) is 25.7. The van der Waals surface area contributed by atoms with E-state index < -0.39 is 88.4 Å². The Morgan fingerprint density at radius 3 is 2.14 bits per heavy atom. The van der Waals surface area contributed by atoms with Crippen LogP contribution >= 0.6 is 0 Å². The lowest BCUT2D eigenvalue weighted by atomic mass is 9.81. The lowest BCUT2D eigenvalue weighted by molar-refractivity contribution is -0.137. The van der Waals surface area contributed by atoms with E-state index >= 15 is 0 Å². The molecule has 2 saturated heterocycles. The molecule has 1 aromatic carbocycles. The molecule has 0 spiro atoms. The molecule has 4 rings (SSSR count). The summed E-state index contributed by atoms with van der Waals surface area (Å²) in [6, 6.07) is -1.82. The number of nitrogens with zero attached hydrogens (tertiary/aromatic N) is 3. The maximum atomic E-state index is 14.9. The predicted octanol–water partition coefficient (Wildman–Crippen LogP) is 1.25. The second-order valence-electron chi connectivity index (χ2n) is 8.50. The number of halogens is 1. The smallest absolute Gasteiger partial charge is 0.442 e. The summed E-state index contributed by atoms with van der Waals surface area (Å²) in [5, 5.41) is 20.3. The number of aliphatic carboxylic acids is 2. The second kappa shape index (κ2) is 8.54. The molecule has 1 saturated carbocycles. The highest BCUT2D eigenvalue weighted by Crippen LogP contribution is 2.42. The number of carboxylic acid groups (broad SMARTS) is 2. The first-order chi connectivity index (χ1) is 16.5. The average molecular weight is 491 g/mol. The van der Waals surface area contributed by atoms with E-state index in [1.54, 1.807) is 5.32 Å². The quantitative estimate of drug-likeness (QED) is 0.390. The van der Waals surface area contributed by atoms with Crippen LogP contribution in [0.1, 0.15) is 25.7 Å². The van der Waals surface area contributed by atoms with E-state index in [1.165, 1.54) is 0 Å². The summed E-state index contributed by atoms with van der Waals surface area (Å²) in [7, 11) is 0. The number of carbonyl (C=O) groups is 7. The number of carbonyl (C=O) groups excluding carboxylic acids is 5. The minimum absolute atomic E-state index is 0.135. The SMILES string of the molecule is O=C(O)CN1C(=O)NC(=O)[N+](CC(=O)O)(c2ccc(F)c(N3C(=O)C4CCCCC4C3=O)c2)C1=O. The summed E-state index contributed by atoms with van der Waals surface area (Å²) in [6.45, 7) is -2.45. The molecule has 1 aromatic rings. The maximum Gasteiger partial charge on any atom is 0.442 e. The molecule has 184 valence electrons. The molecule has 35 heavy (non-hydrogen) atoms. The Morgan fingerprint density at radius 1 is 1.00 bits per heavy atom. The van der Waals surface area contributed by atoms with Gasteiger partial charge in [0, 0.05) is 12.1 Å². The van der Waals surface area contributed by atoms with Crippen LogP contribution in [0.15, 0.2) is 18.2 Å². The van der Waals surface area contributed by atoms with Crippen LogP contribution in [0.5, 0.6) is 0 Å². The Bertz CT molecular complexity index is 1180. The van der Waals surface area contributed by atoms with Gasteiger partial charge in [-0.2, -0.15) is 0 Å². The van der Waals surface area contributed by atoms with Gasteiger partial charge < -0.3 is 10.2 Å². The first kappa shape index (κ1) is 23.9. The van der Waals surface area contributed by atoms with Crippen LogP contribution < -0.4 is 14.7 Å². The Balaban J connectivity index is 1.85. The highest BCUT2D eigenvalue weighted by molar-refractivity contribution is 6.24. The Labute approximate surface area is 196 Å². The number of nitrogens with one attached hydrogen (secondary N) is 1. The van der Waals surface area contributed by atoms with Crippen molar-refractivity contribution in [3.63, 3.8) is 0 Å². The fraction of sp³-hybridized carbons (Fsp3) is 0.381. The van der Waals surface area contributed by atoms with Gasteiger partial charge in [-0.25, -0.2) is 38.7 Å². The molecule has 3 atom stereocenters. The maximum absolute atomic E-state index is 14.9. The van der Waals surface area contributed by atoms with E-state index in [4.69, 9.17) is 5.11 Å². The topological polar surface area (TPSA) is 178 Å². The van der Waals surface area contributed by atoms with Gasteiger partial charge in [-0.1, -0.05) is 12.8 Å². The molecule has 0 aromatic heterocycles. The summed E-state index contributed by atoms with van der Waals surface area (Å²) in [6.07, 6.45) is 2.33. The van der Waals surface area contributed by atoms with E-state index in [2.05, 4.69) is 0 Å². The van der Waals surface area contributed by atoms with Crippen LogP contribution in [0.3, 0.4) is 0 Å². The van der Waals surface area contributed by atoms with Crippen LogP contribution in [0.2, 0.25) is 0 Å². The Morgan fingerprint density at radius 2 is 1.60 bits per heavy atom. The Hall–Kier alpha value is -4.20. The zero-order valence-corrected chi connectivity index (χ0v) is 18.1. The van der Waals surface area contributed by atoms with Crippen molar-refractivity contribution in [3.8, 4) is 0 Å². The minimum Gasteiger partial charge on any atom is -0.480 e. The summed E-state index contributed by atoms with van der Waals surface area (Å²) < 4.78 is 13.1. The number of hydrogen-bond acceptors (Lipinski definition) is 7. The molecule has 0 bridgehead atoms. The van der Waals surface area contributed by atoms with Crippen molar-refractivity contribution in [2.75, 3.05) is 18.0 Å². The van der Waals surface area contributed by atoms with Crippen LogP contribution in [-0.2, 0) is 19.2 Å². The van der Waals surface area contributed by atoms with Crippen LogP contribution in [0.25, 0.3) is 0 Å². The molecule has 14 heteroatoms. The minimum atomic E-state index is -1.76. The lowest BCUT2D eigenvalue weighted by Crippen LogP contribution is -2.75. The first-order valence-corrected chi connectivity index (χ1v) is 10.7. The monoisotopic (exact) mass is 491 g/mol. The number of imide groups is 4. The van der Waals surface area contributed by atoms with E-state index in [-0.39, 0.29) is 4.90 Å². The van der Waals surface area contributed by atoms with Crippen molar-refractivity contribution in [1.29, 1.82) is 0 Å². The lowest BCUT2D eigenvalue weighted by Gasteiger charge is -2.37. The van der Waals surface area contributed by atoms with E-state index in [0.29, 0.717) is 17.7 Å². The fourth-order valence-electron chi connectivity index (χ4n) is 4.88. The molecule has 0 radical (unpaired) electrons. The molecule has 3 unspecified atom stereocenters. The summed E-state index contributed by atoms with van der Waals surface area (Å²) in [4.78, 5) is 87.8. The van der Waals surface area contributed by atoms with Crippen molar-refractivity contribution in [3.05, 3.63) is 24.0 Å². The molecule has 3 aliphatic rings. The van der Waals surface area contributed by atoms with Gasteiger partial charge in [0.2, 0.25) is 11.8 Å². The molecule has 3 fully saturated rings. The third-order valence-corrected chi connectivity index (χ3v) is 6.48. The molecule has 1 aliphatic carbocycles. The largest absolute Gasteiger partial charge is 0.480 e. The molecule has 2 heterocycles. The number of urea groups is 3.